The third-order valence-electron chi connectivity index (χ3n) is 7.62. The zero-order chi connectivity index (χ0) is 23.7. The van der Waals surface area contributed by atoms with E-state index in [0.717, 1.165) is 19.3 Å². The summed E-state index contributed by atoms with van der Waals surface area (Å²) in [4.78, 5) is 36.5. The number of ether oxygens (including phenoxy) is 1. The zero-order valence-electron chi connectivity index (χ0n) is 19.1. The Balaban J connectivity index is 1.13. The molecule has 0 unspecified atom stereocenters. The van der Waals surface area contributed by atoms with E-state index in [-0.39, 0.29) is 36.9 Å². The van der Waals surface area contributed by atoms with Crippen molar-refractivity contribution in [2.75, 3.05) is 13.2 Å². The molecule has 0 spiro atoms. The van der Waals surface area contributed by atoms with Crippen LogP contribution in [0.1, 0.15) is 55.6 Å². The highest BCUT2D eigenvalue weighted by Gasteiger charge is 2.50. The molecule has 2 atom stereocenters. The number of aliphatic carboxylic acids is 1. The number of carboxylic acids is 1. The van der Waals surface area contributed by atoms with E-state index in [1.165, 1.54) is 22.3 Å². The molecule has 2 saturated carbocycles. The van der Waals surface area contributed by atoms with E-state index in [0.29, 0.717) is 19.3 Å². The maximum Gasteiger partial charge on any atom is 0.407 e. The van der Waals surface area contributed by atoms with Gasteiger partial charge in [0, 0.05) is 24.4 Å². The molecule has 178 valence electrons. The monoisotopic (exact) mass is 462 g/mol. The van der Waals surface area contributed by atoms with Crippen LogP contribution >= 0.6 is 0 Å². The van der Waals surface area contributed by atoms with Gasteiger partial charge >= 0.3 is 12.1 Å². The molecular weight excluding hydrogens is 432 g/mol. The number of carbonyl (C=O) groups is 3. The second-order valence-electron chi connectivity index (χ2n) is 9.83. The van der Waals surface area contributed by atoms with Crippen LogP contribution in [0.5, 0.6) is 0 Å². The number of fused-ring (bicyclic) bond motifs is 3. The van der Waals surface area contributed by atoms with Gasteiger partial charge in [0.1, 0.15) is 6.61 Å². The number of nitrogens with one attached hydrogen (secondary N) is 2. The van der Waals surface area contributed by atoms with Crippen molar-refractivity contribution in [2.45, 2.75) is 50.5 Å². The van der Waals surface area contributed by atoms with Gasteiger partial charge in [-0.1, -0.05) is 55.0 Å². The lowest BCUT2D eigenvalue weighted by atomic mass is 9.85. The van der Waals surface area contributed by atoms with Gasteiger partial charge in [-0.15, -0.1) is 0 Å². The number of carbonyl (C=O) groups excluding carboxylic acids is 2. The van der Waals surface area contributed by atoms with Crippen molar-refractivity contribution >= 4 is 18.0 Å². The summed E-state index contributed by atoms with van der Waals surface area (Å²) in [7, 11) is 0. The topological polar surface area (TPSA) is 105 Å². The van der Waals surface area contributed by atoms with Crippen molar-refractivity contribution in [3.8, 4) is 11.1 Å². The zero-order valence-corrected chi connectivity index (χ0v) is 19.1. The normalized spacial score (nSPS) is 22.2. The summed E-state index contributed by atoms with van der Waals surface area (Å²) in [5.41, 5.74) is 3.93. The van der Waals surface area contributed by atoms with Gasteiger partial charge in [0.25, 0.3) is 0 Å². The van der Waals surface area contributed by atoms with Gasteiger partial charge in [-0.3, -0.25) is 9.59 Å². The highest BCUT2D eigenvalue weighted by Crippen LogP contribution is 2.45. The minimum atomic E-state index is -0.841. The van der Waals surface area contributed by atoms with Crippen molar-refractivity contribution in [1.29, 1.82) is 0 Å². The van der Waals surface area contributed by atoms with Crippen LogP contribution < -0.4 is 10.6 Å². The van der Waals surface area contributed by atoms with Crippen LogP contribution in [0.4, 0.5) is 4.79 Å². The predicted octanol–water partition coefficient (Wildman–Crippen LogP) is 4.06. The Bertz CT molecular complexity index is 1060. The van der Waals surface area contributed by atoms with Crippen molar-refractivity contribution in [2.24, 2.45) is 11.3 Å². The fraction of sp³-hybridized carbons (Fsp3) is 0.444. The van der Waals surface area contributed by atoms with Crippen molar-refractivity contribution in [1.82, 2.24) is 10.6 Å². The first-order valence-corrected chi connectivity index (χ1v) is 12.1. The number of carboxylic acid groups (broad SMARTS) is 1. The summed E-state index contributed by atoms with van der Waals surface area (Å²) >= 11 is 0. The van der Waals surface area contributed by atoms with Crippen LogP contribution in [0, 0.1) is 11.3 Å². The first kappa shape index (κ1) is 22.4. The molecule has 0 heterocycles. The Morgan fingerprint density at radius 1 is 0.971 bits per heavy atom. The average molecular weight is 463 g/mol. The number of benzene rings is 2. The summed E-state index contributed by atoms with van der Waals surface area (Å²) < 4.78 is 5.65. The molecule has 3 aliphatic rings. The molecule has 2 fully saturated rings. The first-order valence-electron chi connectivity index (χ1n) is 12.1. The molecule has 0 aliphatic heterocycles. The van der Waals surface area contributed by atoms with Crippen LogP contribution in [0.15, 0.2) is 48.5 Å². The minimum Gasteiger partial charge on any atom is -0.481 e. The minimum absolute atomic E-state index is 0.00649. The standard InChI is InChI=1S/C27H30N2O5/c30-24(28-16-27(12-13-27)25(31)32)17-6-5-7-18(14-17)29-26(33)34-15-23-21-10-3-1-8-19(21)20-9-2-4-11-22(20)23/h1-4,8-11,17-18,23H,5-7,12-16H2,(H,28,30)(H,29,33)(H,31,32)/t17-,18+/m0/s1. The van der Waals surface area contributed by atoms with Crippen LogP contribution in [0.3, 0.4) is 0 Å². The quantitative estimate of drug-likeness (QED) is 0.576. The number of hydrogen-bond acceptors (Lipinski definition) is 4. The molecule has 2 aromatic rings. The Kier molecular flexibility index (Phi) is 6.02. The summed E-state index contributed by atoms with van der Waals surface area (Å²) in [6, 6.07) is 16.3. The average Bonchev–Trinajstić information content (AvgIpc) is 3.58. The molecule has 7 nitrogen and oxygen atoms in total. The molecule has 0 aromatic heterocycles. The van der Waals surface area contributed by atoms with Gasteiger partial charge in [-0.2, -0.15) is 0 Å². The number of hydrogen-bond donors (Lipinski definition) is 3. The van der Waals surface area contributed by atoms with E-state index >= 15 is 0 Å². The van der Waals surface area contributed by atoms with Gasteiger partial charge in [0.15, 0.2) is 0 Å². The van der Waals surface area contributed by atoms with Crippen LogP contribution in [-0.4, -0.2) is 42.3 Å². The SMILES string of the molecule is O=C(N[C@@H]1CCC[C@H](C(=O)NCC2(C(=O)O)CC2)C1)OCC1c2ccccc2-c2ccccc21. The maximum atomic E-state index is 12.6. The molecule has 2 amide bonds. The van der Waals surface area contributed by atoms with Crippen molar-refractivity contribution < 1.29 is 24.2 Å². The number of rotatable bonds is 7. The van der Waals surface area contributed by atoms with Crippen molar-refractivity contribution in [3.63, 3.8) is 0 Å². The smallest absolute Gasteiger partial charge is 0.407 e. The number of alkyl carbamates (subject to hydrolysis) is 1. The second kappa shape index (κ2) is 9.12. The summed E-state index contributed by atoms with van der Waals surface area (Å²) in [6.45, 7) is 0.440. The molecule has 3 aliphatic carbocycles. The molecule has 0 saturated heterocycles. The summed E-state index contributed by atoms with van der Waals surface area (Å²) in [5, 5.41) is 15.1. The van der Waals surface area contributed by atoms with E-state index in [1.54, 1.807) is 0 Å². The maximum absolute atomic E-state index is 12.6. The van der Waals surface area contributed by atoms with E-state index in [4.69, 9.17) is 4.74 Å². The highest BCUT2D eigenvalue weighted by molar-refractivity contribution is 5.82. The molecule has 2 aromatic carbocycles. The summed E-state index contributed by atoms with van der Waals surface area (Å²) in [5.74, 6) is -1.18. The van der Waals surface area contributed by atoms with Gasteiger partial charge in [0.2, 0.25) is 5.91 Å². The molecule has 34 heavy (non-hydrogen) atoms. The fourth-order valence-corrected chi connectivity index (χ4v) is 5.38. The van der Waals surface area contributed by atoms with E-state index in [1.807, 2.05) is 24.3 Å². The fourth-order valence-electron chi connectivity index (χ4n) is 5.38. The van der Waals surface area contributed by atoms with Gasteiger partial charge < -0.3 is 20.5 Å². The van der Waals surface area contributed by atoms with Crippen molar-refractivity contribution in [3.05, 3.63) is 59.7 Å². The Labute approximate surface area is 198 Å². The predicted molar refractivity (Wildman–Crippen MR) is 126 cm³/mol. The van der Waals surface area contributed by atoms with Gasteiger partial charge in [-0.05, 0) is 54.4 Å². The van der Waals surface area contributed by atoms with E-state index < -0.39 is 17.5 Å². The lowest BCUT2D eigenvalue weighted by Gasteiger charge is -2.29. The lowest BCUT2D eigenvalue weighted by Crippen LogP contribution is -2.44. The Morgan fingerprint density at radius 3 is 2.24 bits per heavy atom. The van der Waals surface area contributed by atoms with Crippen LogP contribution in [0.25, 0.3) is 11.1 Å². The largest absolute Gasteiger partial charge is 0.481 e. The Morgan fingerprint density at radius 2 is 1.62 bits per heavy atom. The lowest BCUT2D eigenvalue weighted by molar-refractivity contribution is -0.143. The van der Waals surface area contributed by atoms with E-state index in [9.17, 15) is 19.5 Å². The number of amides is 2. The molecule has 0 radical (unpaired) electrons. The molecule has 5 rings (SSSR count). The van der Waals surface area contributed by atoms with Gasteiger partial charge in [-0.25, -0.2) is 4.79 Å². The third kappa shape index (κ3) is 4.39. The molecule has 0 bridgehead atoms. The van der Waals surface area contributed by atoms with Gasteiger partial charge in [0.05, 0.1) is 5.41 Å². The Hall–Kier alpha value is -3.35. The first-order chi connectivity index (χ1) is 16.5. The third-order valence-corrected chi connectivity index (χ3v) is 7.62. The van der Waals surface area contributed by atoms with Crippen LogP contribution in [0.2, 0.25) is 0 Å². The van der Waals surface area contributed by atoms with E-state index in [2.05, 4.69) is 34.9 Å². The van der Waals surface area contributed by atoms with Crippen LogP contribution in [-0.2, 0) is 14.3 Å². The molecular formula is C27H30N2O5. The second-order valence-corrected chi connectivity index (χ2v) is 9.83. The molecule has 7 heteroatoms. The highest BCUT2D eigenvalue weighted by atomic mass is 16.5. The molecule has 3 N–H and O–H groups in total. The summed E-state index contributed by atoms with van der Waals surface area (Å²) in [6.07, 6.45) is 3.67.